The molecule has 0 N–H and O–H groups in total. The molecule has 0 amide bonds. The average Bonchev–Trinajstić information content (AvgIpc) is 1.85. The monoisotopic (exact) mass is 160 g/mol. The van der Waals surface area contributed by atoms with E-state index in [0.717, 1.165) is 13.0 Å². The Morgan fingerprint density at radius 1 is 1.45 bits per heavy atom. The van der Waals surface area contributed by atoms with Crippen molar-refractivity contribution < 1.29 is 14.2 Å². The minimum absolute atomic E-state index is 0.158. The Balaban J connectivity index is 2.23. The van der Waals surface area contributed by atoms with Crippen molar-refractivity contribution in [2.45, 2.75) is 45.9 Å². The number of hydrogen-bond acceptors (Lipinski definition) is 3. The minimum atomic E-state index is -0.446. The van der Waals surface area contributed by atoms with Crippen LogP contribution in [0.5, 0.6) is 0 Å². The molecule has 0 aromatic carbocycles. The van der Waals surface area contributed by atoms with Gasteiger partial charge in [-0.1, -0.05) is 0 Å². The molecule has 1 saturated heterocycles. The lowest BCUT2D eigenvalue weighted by molar-refractivity contribution is -0.337. The molecular weight excluding hydrogens is 144 g/mol. The molecule has 3 nitrogen and oxygen atoms in total. The summed E-state index contributed by atoms with van der Waals surface area (Å²) in [5.74, 6) is 0. The fourth-order valence-electron chi connectivity index (χ4n) is 0.921. The van der Waals surface area contributed by atoms with Gasteiger partial charge in [-0.05, 0) is 27.2 Å². The first-order valence-corrected chi connectivity index (χ1v) is 4.11. The normalized spacial score (nSPS) is 32.7. The van der Waals surface area contributed by atoms with Crippen LogP contribution in [0.2, 0.25) is 0 Å². The van der Waals surface area contributed by atoms with Crippen LogP contribution in [0.15, 0.2) is 0 Å². The van der Waals surface area contributed by atoms with Gasteiger partial charge in [-0.3, -0.25) is 0 Å². The minimum Gasteiger partial charge on any atom is -0.330 e. The molecule has 0 spiro atoms. The van der Waals surface area contributed by atoms with Gasteiger partial charge in [-0.25, -0.2) is 0 Å². The average molecular weight is 160 g/mol. The van der Waals surface area contributed by atoms with Crippen LogP contribution in [0.4, 0.5) is 0 Å². The van der Waals surface area contributed by atoms with Crippen molar-refractivity contribution in [2.24, 2.45) is 0 Å². The molecule has 1 aliphatic rings. The van der Waals surface area contributed by atoms with E-state index in [1.54, 1.807) is 0 Å². The van der Waals surface area contributed by atoms with Crippen LogP contribution in [-0.4, -0.2) is 25.3 Å². The number of rotatable bonds is 2. The molecule has 1 aliphatic heterocycles. The van der Waals surface area contributed by atoms with E-state index >= 15 is 0 Å². The van der Waals surface area contributed by atoms with Gasteiger partial charge in [-0.15, -0.1) is 0 Å². The molecule has 0 aliphatic carbocycles. The third-order valence-corrected chi connectivity index (χ3v) is 1.51. The molecule has 3 heteroatoms. The lowest BCUT2D eigenvalue weighted by Gasteiger charge is -2.28. The second-order valence-corrected chi connectivity index (χ2v) is 3.08. The Morgan fingerprint density at radius 2 is 2.18 bits per heavy atom. The topological polar surface area (TPSA) is 27.7 Å². The van der Waals surface area contributed by atoms with Crippen LogP contribution < -0.4 is 0 Å². The van der Waals surface area contributed by atoms with Crippen molar-refractivity contribution in [3.63, 3.8) is 0 Å². The summed E-state index contributed by atoms with van der Waals surface area (Å²) in [7, 11) is 0. The first-order chi connectivity index (χ1) is 5.18. The summed E-state index contributed by atoms with van der Waals surface area (Å²) in [5.41, 5.74) is 0. The standard InChI is InChI=1S/C8H16O3/c1-6(2)10-8-9-5-4-7(3)11-8/h6-8H,4-5H2,1-3H3/t7-,8+/m1/s1. The Hall–Kier alpha value is -0.120. The first-order valence-electron chi connectivity index (χ1n) is 4.11. The van der Waals surface area contributed by atoms with Crippen LogP contribution in [-0.2, 0) is 14.2 Å². The molecule has 0 unspecified atom stereocenters. The van der Waals surface area contributed by atoms with E-state index in [0.29, 0.717) is 0 Å². The van der Waals surface area contributed by atoms with Crippen LogP contribution in [0.25, 0.3) is 0 Å². The second-order valence-electron chi connectivity index (χ2n) is 3.08. The van der Waals surface area contributed by atoms with Crippen molar-refractivity contribution in [2.75, 3.05) is 6.61 Å². The van der Waals surface area contributed by atoms with Gasteiger partial charge in [0.05, 0.1) is 18.8 Å². The van der Waals surface area contributed by atoms with Crippen molar-refractivity contribution in [1.29, 1.82) is 0 Å². The highest BCUT2D eigenvalue weighted by Crippen LogP contribution is 2.13. The number of ether oxygens (including phenoxy) is 3. The lowest BCUT2D eigenvalue weighted by Crippen LogP contribution is -2.34. The predicted octanol–water partition coefficient (Wildman–Crippen LogP) is 1.52. The van der Waals surface area contributed by atoms with Gasteiger partial charge in [0.15, 0.2) is 0 Å². The number of hydrogen-bond donors (Lipinski definition) is 0. The maximum Gasteiger partial charge on any atom is 0.272 e. The lowest BCUT2D eigenvalue weighted by atomic mass is 10.3. The maximum absolute atomic E-state index is 5.35. The van der Waals surface area contributed by atoms with Gasteiger partial charge in [-0.2, -0.15) is 0 Å². The van der Waals surface area contributed by atoms with E-state index < -0.39 is 6.48 Å². The molecule has 1 heterocycles. The summed E-state index contributed by atoms with van der Waals surface area (Å²) in [6, 6.07) is 0. The van der Waals surface area contributed by atoms with Gasteiger partial charge in [0, 0.05) is 0 Å². The Labute approximate surface area is 67.6 Å². The highest BCUT2D eigenvalue weighted by Gasteiger charge is 2.20. The molecular formula is C8H16O3. The zero-order chi connectivity index (χ0) is 8.27. The first kappa shape index (κ1) is 8.97. The van der Waals surface area contributed by atoms with Gasteiger partial charge in [0.1, 0.15) is 0 Å². The zero-order valence-corrected chi connectivity index (χ0v) is 7.37. The van der Waals surface area contributed by atoms with Gasteiger partial charge < -0.3 is 14.2 Å². The summed E-state index contributed by atoms with van der Waals surface area (Å²) in [4.78, 5) is 0. The van der Waals surface area contributed by atoms with Crippen LogP contribution >= 0.6 is 0 Å². The van der Waals surface area contributed by atoms with E-state index in [2.05, 4.69) is 0 Å². The van der Waals surface area contributed by atoms with Crippen molar-refractivity contribution in [1.82, 2.24) is 0 Å². The van der Waals surface area contributed by atoms with Gasteiger partial charge >= 0.3 is 0 Å². The fourth-order valence-corrected chi connectivity index (χ4v) is 0.921. The third kappa shape index (κ3) is 3.18. The molecule has 11 heavy (non-hydrogen) atoms. The summed E-state index contributed by atoms with van der Waals surface area (Å²) in [6.45, 7) is 6.24. The quantitative estimate of drug-likeness (QED) is 0.613. The molecule has 0 radical (unpaired) electrons. The maximum atomic E-state index is 5.35. The third-order valence-electron chi connectivity index (χ3n) is 1.51. The fraction of sp³-hybridized carbons (Fsp3) is 1.00. The van der Waals surface area contributed by atoms with Crippen LogP contribution in [0.3, 0.4) is 0 Å². The Morgan fingerprint density at radius 3 is 2.73 bits per heavy atom. The summed E-state index contributed by atoms with van der Waals surface area (Å²) < 4.78 is 15.9. The molecule has 0 aromatic rings. The van der Waals surface area contributed by atoms with Crippen LogP contribution in [0.1, 0.15) is 27.2 Å². The van der Waals surface area contributed by atoms with E-state index in [1.807, 2.05) is 20.8 Å². The van der Waals surface area contributed by atoms with E-state index in [9.17, 15) is 0 Å². The molecule has 66 valence electrons. The van der Waals surface area contributed by atoms with Gasteiger partial charge in [0.2, 0.25) is 0 Å². The highest BCUT2D eigenvalue weighted by atomic mass is 16.9. The Kier molecular flexibility index (Phi) is 3.30. The summed E-state index contributed by atoms with van der Waals surface area (Å²) in [6.07, 6.45) is 1.37. The largest absolute Gasteiger partial charge is 0.330 e. The van der Waals surface area contributed by atoms with Crippen LogP contribution in [0, 0.1) is 0 Å². The van der Waals surface area contributed by atoms with E-state index in [1.165, 1.54) is 0 Å². The summed E-state index contributed by atoms with van der Waals surface area (Å²) in [5, 5.41) is 0. The molecule has 0 saturated carbocycles. The van der Waals surface area contributed by atoms with E-state index in [4.69, 9.17) is 14.2 Å². The van der Waals surface area contributed by atoms with Crippen molar-refractivity contribution in [3.05, 3.63) is 0 Å². The van der Waals surface area contributed by atoms with Crippen molar-refractivity contribution >= 4 is 0 Å². The molecule has 2 atom stereocenters. The Bertz CT molecular complexity index is 112. The van der Waals surface area contributed by atoms with Gasteiger partial charge in [0.25, 0.3) is 6.48 Å². The smallest absolute Gasteiger partial charge is 0.272 e. The SMILES string of the molecule is CC(C)O[C@@H]1OCC[C@@H](C)O1. The molecule has 0 aromatic heterocycles. The zero-order valence-electron chi connectivity index (χ0n) is 7.37. The molecule has 1 rings (SSSR count). The molecule has 0 bridgehead atoms. The van der Waals surface area contributed by atoms with Crippen molar-refractivity contribution in [3.8, 4) is 0 Å². The highest BCUT2D eigenvalue weighted by molar-refractivity contribution is 4.54. The molecule has 1 fully saturated rings. The summed E-state index contributed by atoms with van der Waals surface area (Å²) >= 11 is 0. The van der Waals surface area contributed by atoms with E-state index in [-0.39, 0.29) is 12.2 Å². The predicted molar refractivity (Wildman–Crippen MR) is 41.1 cm³/mol. The second kappa shape index (κ2) is 4.04.